The van der Waals surface area contributed by atoms with Gasteiger partial charge in [0, 0.05) is 0 Å². The van der Waals surface area contributed by atoms with E-state index in [1.54, 1.807) is 0 Å². The van der Waals surface area contributed by atoms with Crippen molar-refractivity contribution in [1.82, 2.24) is 5.32 Å². The van der Waals surface area contributed by atoms with E-state index in [0.717, 1.165) is 19.4 Å². The first-order valence-corrected chi connectivity index (χ1v) is 6.73. The first kappa shape index (κ1) is 13.8. The third kappa shape index (κ3) is 4.18. The van der Waals surface area contributed by atoms with Crippen molar-refractivity contribution in [3.05, 3.63) is 71.5 Å². The highest BCUT2D eigenvalue weighted by Crippen LogP contribution is 2.24. The maximum atomic E-state index is 12.9. The Hall–Kier alpha value is -1.67. The zero-order valence-corrected chi connectivity index (χ0v) is 11.3. The van der Waals surface area contributed by atoms with E-state index in [1.807, 2.05) is 25.2 Å². The molecule has 19 heavy (non-hydrogen) atoms. The van der Waals surface area contributed by atoms with Crippen molar-refractivity contribution in [1.29, 1.82) is 0 Å². The van der Waals surface area contributed by atoms with Crippen LogP contribution in [0.2, 0.25) is 0 Å². The Morgan fingerprint density at radius 3 is 2.32 bits per heavy atom. The summed E-state index contributed by atoms with van der Waals surface area (Å²) in [4.78, 5) is 0. The highest BCUT2D eigenvalue weighted by molar-refractivity contribution is 5.24. The van der Waals surface area contributed by atoms with E-state index in [4.69, 9.17) is 0 Å². The van der Waals surface area contributed by atoms with Crippen LogP contribution in [-0.2, 0) is 6.42 Å². The van der Waals surface area contributed by atoms with Gasteiger partial charge in [-0.3, -0.25) is 0 Å². The Labute approximate surface area is 114 Å². The summed E-state index contributed by atoms with van der Waals surface area (Å²) in [5, 5.41) is 3.20. The van der Waals surface area contributed by atoms with Gasteiger partial charge in [-0.15, -0.1) is 0 Å². The van der Waals surface area contributed by atoms with E-state index in [9.17, 15) is 4.39 Å². The number of halogens is 1. The second-order valence-electron chi connectivity index (χ2n) is 4.83. The monoisotopic (exact) mass is 257 g/mol. The molecule has 1 N–H and O–H groups in total. The third-order valence-electron chi connectivity index (χ3n) is 3.41. The Balaban J connectivity index is 2.11. The van der Waals surface area contributed by atoms with Gasteiger partial charge >= 0.3 is 0 Å². The number of nitrogens with one attached hydrogen (secondary N) is 1. The van der Waals surface area contributed by atoms with Crippen LogP contribution in [0.25, 0.3) is 0 Å². The van der Waals surface area contributed by atoms with Crippen molar-refractivity contribution in [2.24, 2.45) is 0 Å². The average Bonchev–Trinajstić information content (AvgIpc) is 2.46. The van der Waals surface area contributed by atoms with Gasteiger partial charge in [0.1, 0.15) is 5.82 Å². The molecule has 2 aromatic rings. The van der Waals surface area contributed by atoms with Crippen LogP contribution in [0.15, 0.2) is 54.6 Å². The minimum absolute atomic E-state index is 0.171. The molecule has 0 saturated heterocycles. The van der Waals surface area contributed by atoms with Gasteiger partial charge in [-0.05, 0) is 55.6 Å². The highest BCUT2D eigenvalue weighted by atomic mass is 19.1. The molecule has 1 unspecified atom stereocenters. The van der Waals surface area contributed by atoms with Crippen LogP contribution in [0.3, 0.4) is 0 Å². The molecule has 0 aromatic heterocycles. The number of hydrogen-bond donors (Lipinski definition) is 1. The van der Waals surface area contributed by atoms with Crippen LogP contribution in [0.5, 0.6) is 0 Å². The predicted octanol–water partition coefficient (Wildman–Crippen LogP) is 3.76. The predicted molar refractivity (Wildman–Crippen MR) is 77.8 cm³/mol. The van der Waals surface area contributed by atoms with E-state index < -0.39 is 0 Å². The summed E-state index contributed by atoms with van der Waals surface area (Å²) in [7, 11) is 1.97. The van der Waals surface area contributed by atoms with Crippen LogP contribution in [0.1, 0.15) is 23.5 Å². The van der Waals surface area contributed by atoms with Gasteiger partial charge in [0.15, 0.2) is 0 Å². The summed E-state index contributed by atoms with van der Waals surface area (Å²) >= 11 is 0. The van der Waals surface area contributed by atoms with Crippen molar-refractivity contribution in [3.63, 3.8) is 0 Å². The lowest BCUT2D eigenvalue weighted by molar-refractivity contribution is 0.590. The summed E-state index contributed by atoms with van der Waals surface area (Å²) in [5.41, 5.74) is 2.54. The minimum atomic E-state index is -0.171. The molecular weight excluding hydrogens is 237 g/mol. The molecule has 100 valence electrons. The maximum absolute atomic E-state index is 12.9. The van der Waals surface area contributed by atoms with Crippen LogP contribution < -0.4 is 5.32 Å². The lowest BCUT2D eigenvalue weighted by Gasteiger charge is -2.17. The van der Waals surface area contributed by atoms with E-state index in [1.165, 1.54) is 23.3 Å². The first-order valence-electron chi connectivity index (χ1n) is 6.73. The summed E-state index contributed by atoms with van der Waals surface area (Å²) in [6.45, 7) is 0.987. The third-order valence-corrected chi connectivity index (χ3v) is 3.41. The van der Waals surface area contributed by atoms with Gasteiger partial charge in [-0.2, -0.15) is 0 Å². The summed E-state index contributed by atoms with van der Waals surface area (Å²) in [6.07, 6.45) is 2.03. The molecule has 0 amide bonds. The first-order chi connectivity index (χ1) is 9.29. The molecule has 1 atom stereocenters. The summed E-state index contributed by atoms with van der Waals surface area (Å²) in [6, 6.07) is 17.4. The van der Waals surface area contributed by atoms with Crippen molar-refractivity contribution in [2.45, 2.75) is 18.8 Å². The highest BCUT2D eigenvalue weighted by Gasteiger charge is 2.11. The molecule has 0 fully saturated rings. The van der Waals surface area contributed by atoms with Gasteiger partial charge in [0.25, 0.3) is 0 Å². The molecule has 2 rings (SSSR count). The van der Waals surface area contributed by atoms with Crippen molar-refractivity contribution in [3.8, 4) is 0 Å². The topological polar surface area (TPSA) is 12.0 Å². The van der Waals surface area contributed by atoms with E-state index in [-0.39, 0.29) is 5.82 Å². The van der Waals surface area contributed by atoms with E-state index in [2.05, 4.69) is 29.6 Å². The van der Waals surface area contributed by atoms with Gasteiger partial charge in [0.2, 0.25) is 0 Å². The van der Waals surface area contributed by atoms with Crippen molar-refractivity contribution >= 4 is 0 Å². The standard InChI is InChI=1S/C17H20FN/c1-19-12-11-16(15-5-3-2-4-6-15)13-14-7-9-17(18)10-8-14/h2-10,16,19H,11-13H2,1H3. The molecule has 0 bridgehead atoms. The van der Waals surface area contributed by atoms with Crippen LogP contribution in [-0.4, -0.2) is 13.6 Å². The number of rotatable bonds is 6. The molecule has 0 saturated carbocycles. The van der Waals surface area contributed by atoms with Gasteiger partial charge < -0.3 is 5.32 Å². The fourth-order valence-electron chi connectivity index (χ4n) is 2.34. The van der Waals surface area contributed by atoms with Gasteiger partial charge in [-0.25, -0.2) is 4.39 Å². The zero-order valence-electron chi connectivity index (χ0n) is 11.3. The molecule has 0 aliphatic heterocycles. The maximum Gasteiger partial charge on any atom is 0.123 e. The molecular formula is C17H20FN. The molecule has 1 nitrogen and oxygen atoms in total. The Morgan fingerprint density at radius 2 is 1.68 bits per heavy atom. The largest absolute Gasteiger partial charge is 0.320 e. The van der Waals surface area contributed by atoms with Crippen molar-refractivity contribution in [2.75, 3.05) is 13.6 Å². The molecule has 2 heteroatoms. The van der Waals surface area contributed by atoms with E-state index in [0.29, 0.717) is 5.92 Å². The van der Waals surface area contributed by atoms with Crippen LogP contribution in [0.4, 0.5) is 4.39 Å². The Kier molecular flexibility index (Phi) is 5.10. The summed E-state index contributed by atoms with van der Waals surface area (Å²) in [5.74, 6) is 0.300. The quantitative estimate of drug-likeness (QED) is 0.830. The smallest absolute Gasteiger partial charge is 0.123 e. The Bertz CT molecular complexity index is 478. The second-order valence-corrected chi connectivity index (χ2v) is 4.83. The van der Waals surface area contributed by atoms with Gasteiger partial charge in [-0.1, -0.05) is 42.5 Å². The average molecular weight is 257 g/mol. The lowest BCUT2D eigenvalue weighted by atomic mass is 9.89. The number of benzene rings is 2. The molecule has 0 aliphatic carbocycles. The number of hydrogen-bond acceptors (Lipinski definition) is 1. The second kappa shape index (κ2) is 7.05. The minimum Gasteiger partial charge on any atom is -0.320 e. The molecule has 2 aromatic carbocycles. The molecule has 0 aliphatic rings. The fourth-order valence-corrected chi connectivity index (χ4v) is 2.34. The normalized spacial score (nSPS) is 12.3. The van der Waals surface area contributed by atoms with Crippen LogP contribution in [0, 0.1) is 5.82 Å². The summed E-state index contributed by atoms with van der Waals surface area (Å²) < 4.78 is 12.9. The zero-order chi connectivity index (χ0) is 13.5. The SMILES string of the molecule is CNCCC(Cc1ccc(F)cc1)c1ccccc1. The molecule has 0 radical (unpaired) electrons. The fraction of sp³-hybridized carbons (Fsp3) is 0.294. The van der Waals surface area contributed by atoms with Gasteiger partial charge in [0.05, 0.1) is 0 Å². The Morgan fingerprint density at radius 1 is 1.00 bits per heavy atom. The van der Waals surface area contributed by atoms with Crippen LogP contribution >= 0.6 is 0 Å². The molecule has 0 heterocycles. The van der Waals surface area contributed by atoms with Crippen molar-refractivity contribution < 1.29 is 4.39 Å². The lowest BCUT2D eigenvalue weighted by Crippen LogP contribution is -2.14. The molecule has 0 spiro atoms. The van der Waals surface area contributed by atoms with E-state index >= 15 is 0 Å².